The molecule has 0 spiro atoms. The van der Waals surface area contributed by atoms with Crippen molar-refractivity contribution in [2.45, 2.75) is 19.8 Å². The van der Waals surface area contributed by atoms with Gasteiger partial charge in [0.15, 0.2) is 0 Å². The van der Waals surface area contributed by atoms with Crippen LogP contribution in [-0.4, -0.2) is 30.2 Å². The fraction of sp³-hybridized carbons (Fsp3) is 0.429. The van der Waals surface area contributed by atoms with E-state index in [2.05, 4.69) is 16.8 Å². The molecule has 1 aromatic rings. The highest BCUT2D eigenvalue weighted by Crippen LogP contribution is 2.29. The van der Waals surface area contributed by atoms with Gasteiger partial charge in [-0.25, -0.2) is 9.59 Å². The van der Waals surface area contributed by atoms with E-state index >= 15 is 0 Å². The molecule has 0 saturated carbocycles. The zero-order valence-electron chi connectivity index (χ0n) is 10.8. The van der Waals surface area contributed by atoms with E-state index in [4.69, 9.17) is 0 Å². The standard InChI is InChI=1S/C14H16N2O3/c1-10-3-2-6-16(8-10)13-5-4-11(15-9-17)7-12(13)14(18)19/h4-5,7,10H,2-3,6,8H2,1H3,(H,18,19). The van der Waals surface area contributed by atoms with E-state index in [9.17, 15) is 14.7 Å². The number of rotatable bonds is 3. The summed E-state index contributed by atoms with van der Waals surface area (Å²) in [5.41, 5.74) is 1.20. The van der Waals surface area contributed by atoms with Crippen molar-refractivity contribution in [3.05, 3.63) is 23.8 Å². The molecule has 1 unspecified atom stereocenters. The van der Waals surface area contributed by atoms with E-state index in [1.165, 1.54) is 18.6 Å². The van der Waals surface area contributed by atoms with E-state index in [0.717, 1.165) is 19.5 Å². The molecule has 0 bridgehead atoms. The van der Waals surface area contributed by atoms with Gasteiger partial charge in [-0.15, -0.1) is 0 Å². The SMILES string of the molecule is CC1CCCN(c2ccc(N=C=O)cc2C(=O)O)C1. The second-order valence-electron chi connectivity index (χ2n) is 4.90. The lowest BCUT2D eigenvalue weighted by Gasteiger charge is -2.33. The van der Waals surface area contributed by atoms with E-state index in [1.54, 1.807) is 12.1 Å². The molecule has 0 radical (unpaired) electrons. The molecule has 2 rings (SSSR count). The molecule has 1 atom stereocenters. The fourth-order valence-electron chi connectivity index (χ4n) is 2.50. The summed E-state index contributed by atoms with van der Waals surface area (Å²) >= 11 is 0. The van der Waals surface area contributed by atoms with Gasteiger partial charge in [0.25, 0.3) is 0 Å². The number of nitrogens with zero attached hydrogens (tertiary/aromatic N) is 2. The molecule has 1 aromatic carbocycles. The van der Waals surface area contributed by atoms with Gasteiger partial charge in [-0.3, -0.25) is 0 Å². The molecule has 1 heterocycles. The van der Waals surface area contributed by atoms with Crippen LogP contribution in [0.25, 0.3) is 0 Å². The molecular weight excluding hydrogens is 244 g/mol. The number of piperidine rings is 1. The third-order valence-electron chi connectivity index (χ3n) is 3.38. The van der Waals surface area contributed by atoms with Crippen molar-refractivity contribution in [2.24, 2.45) is 10.9 Å². The van der Waals surface area contributed by atoms with Gasteiger partial charge in [-0.1, -0.05) is 6.92 Å². The molecule has 1 saturated heterocycles. The Morgan fingerprint density at radius 2 is 2.32 bits per heavy atom. The minimum Gasteiger partial charge on any atom is -0.478 e. The van der Waals surface area contributed by atoms with Crippen molar-refractivity contribution in [3.63, 3.8) is 0 Å². The van der Waals surface area contributed by atoms with Crippen LogP contribution in [0, 0.1) is 5.92 Å². The van der Waals surface area contributed by atoms with Crippen LogP contribution in [-0.2, 0) is 4.79 Å². The van der Waals surface area contributed by atoms with Crippen LogP contribution in [0.1, 0.15) is 30.1 Å². The summed E-state index contributed by atoms with van der Waals surface area (Å²) in [7, 11) is 0. The van der Waals surface area contributed by atoms with Crippen molar-refractivity contribution in [1.82, 2.24) is 0 Å². The number of hydrogen-bond donors (Lipinski definition) is 1. The van der Waals surface area contributed by atoms with Crippen molar-refractivity contribution in [3.8, 4) is 0 Å². The minimum absolute atomic E-state index is 0.186. The van der Waals surface area contributed by atoms with Crippen molar-refractivity contribution >= 4 is 23.4 Å². The number of carboxylic acid groups (broad SMARTS) is 1. The Bertz CT molecular complexity index is 535. The van der Waals surface area contributed by atoms with E-state index in [0.29, 0.717) is 17.3 Å². The van der Waals surface area contributed by atoms with E-state index < -0.39 is 5.97 Å². The quantitative estimate of drug-likeness (QED) is 0.670. The number of benzene rings is 1. The van der Waals surface area contributed by atoms with Crippen molar-refractivity contribution in [1.29, 1.82) is 0 Å². The molecule has 19 heavy (non-hydrogen) atoms. The number of carbonyl (C=O) groups is 1. The van der Waals surface area contributed by atoms with Crippen LogP contribution < -0.4 is 4.90 Å². The van der Waals surface area contributed by atoms with Crippen LogP contribution in [0.2, 0.25) is 0 Å². The van der Waals surface area contributed by atoms with E-state index in [-0.39, 0.29) is 5.56 Å². The lowest BCUT2D eigenvalue weighted by Crippen LogP contribution is -2.35. The topological polar surface area (TPSA) is 70.0 Å². The molecule has 100 valence electrons. The maximum atomic E-state index is 11.3. The van der Waals surface area contributed by atoms with Crippen molar-refractivity contribution in [2.75, 3.05) is 18.0 Å². The Morgan fingerprint density at radius 1 is 1.53 bits per heavy atom. The molecule has 5 heteroatoms. The number of carbonyl (C=O) groups excluding carboxylic acids is 1. The lowest BCUT2D eigenvalue weighted by atomic mass is 9.98. The Morgan fingerprint density at radius 3 is 2.95 bits per heavy atom. The van der Waals surface area contributed by atoms with E-state index in [1.807, 2.05) is 0 Å². The molecule has 0 amide bonds. The Kier molecular flexibility index (Phi) is 3.97. The van der Waals surface area contributed by atoms with Crippen LogP contribution in [0.5, 0.6) is 0 Å². The number of carboxylic acids is 1. The van der Waals surface area contributed by atoms with Gasteiger partial charge in [-0.05, 0) is 37.0 Å². The Hall–Kier alpha value is -2.13. The first kappa shape index (κ1) is 13.3. The van der Waals surface area contributed by atoms with Gasteiger partial charge >= 0.3 is 5.97 Å². The molecule has 1 fully saturated rings. The maximum absolute atomic E-state index is 11.3. The minimum atomic E-state index is -1.00. The summed E-state index contributed by atoms with van der Waals surface area (Å²) in [6.45, 7) is 3.88. The third kappa shape index (κ3) is 3.01. The molecule has 1 aliphatic heterocycles. The average molecular weight is 260 g/mol. The first-order valence-electron chi connectivity index (χ1n) is 6.32. The van der Waals surface area contributed by atoms with Crippen molar-refractivity contribution < 1.29 is 14.7 Å². The fourth-order valence-corrected chi connectivity index (χ4v) is 2.50. The number of aliphatic imine (C=N–C) groups is 1. The summed E-state index contributed by atoms with van der Waals surface area (Å²) in [5.74, 6) is -0.445. The molecule has 1 aliphatic rings. The third-order valence-corrected chi connectivity index (χ3v) is 3.38. The Balaban J connectivity index is 2.38. The number of isocyanates is 1. The number of aromatic carboxylic acids is 1. The largest absolute Gasteiger partial charge is 0.478 e. The molecule has 0 aliphatic carbocycles. The summed E-state index contributed by atoms with van der Waals surface area (Å²) < 4.78 is 0. The number of anilines is 1. The Labute approximate surface area is 111 Å². The second kappa shape index (κ2) is 5.67. The van der Waals surface area contributed by atoms with Gasteiger partial charge in [-0.2, -0.15) is 4.99 Å². The molecule has 5 nitrogen and oxygen atoms in total. The summed E-state index contributed by atoms with van der Waals surface area (Å²) in [6, 6.07) is 4.78. The number of hydrogen-bond acceptors (Lipinski definition) is 4. The predicted octanol–water partition coefficient (Wildman–Crippen LogP) is 2.59. The zero-order chi connectivity index (χ0) is 13.8. The van der Waals surface area contributed by atoms with Gasteiger partial charge < -0.3 is 10.0 Å². The van der Waals surface area contributed by atoms with Crippen LogP contribution in [0.15, 0.2) is 23.2 Å². The normalized spacial score (nSPS) is 18.8. The van der Waals surface area contributed by atoms with Gasteiger partial charge in [0.05, 0.1) is 16.9 Å². The van der Waals surface area contributed by atoms with Gasteiger partial charge in [0.2, 0.25) is 6.08 Å². The summed E-state index contributed by atoms with van der Waals surface area (Å²) in [6.07, 6.45) is 3.66. The average Bonchev–Trinajstić information content (AvgIpc) is 2.39. The highest BCUT2D eigenvalue weighted by molar-refractivity contribution is 5.95. The molecule has 1 N–H and O–H groups in total. The first-order chi connectivity index (χ1) is 9.11. The van der Waals surface area contributed by atoms with Crippen LogP contribution >= 0.6 is 0 Å². The van der Waals surface area contributed by atoms with Gasteiger partial charge in [0.1, 0.15) is 0 Å². The first-order valence-corrected chi connectivity index (χ1v) is 6.32. The summed E-state index contributed by atoms with van der Waals surface area (Å²) in [5, 5.41) is 9.29. The second-order valence-corrected chi connectivity index (χ2v) is 4.90. The van der Waals surface area contributed by atoms with Gasteiger partial charge in [0, 0.05) is 13.1 Å². The molecule has 0 aromatic heterocycles. The molecular formula is C14H16N2O3. The lowest BCUT2D eigenvalue weighted by molar-refractivity contribution is 0.0697. The zero-order valence-corrected chi connectivity index (χ0v) is 10.8. The summed E-state index contributed by atoms with van der Waals surface area (Å²) in [4.78, 5) is 27.1. The predicted molar refractivity (Wildman–Crippen MR) is 71.8 cm³/mol. The highest BCUT2D eigenvalue weighted by Gasteiger charge is 2.21. The monoisotopic (exact) mass is 260 g/mol. The maximum Gasteiger partial charge on any atom is 0.337 e. The smallest absolute Gasteiger partial charge is 0.337 e. The highest BCUT2D eigenvalue weighted by atomic mass is 16.4. The van der Waals surface area contributed by atoms with Crippen LogP contribution in [0.4, 0.5) is 11.4 Å². The van der Waals surface area contributed by atoms with Crippen LogP contribution in [0.3, 0.4) is 0 Å².